The molecule has 0 bridgehead atoms. The average molecular weight is 594 g/mol. The predicted molar refractivity (Wildman–Crippen MR) is 157 cm³/mol. The van der Waals surface area contributed by atoms with Crippen LogP contribution in [0.2, 0.25) is 0 Å². The number of alkyl halides is 1. The maximum atomic E-state index is 12.3. The highest BCUT2D eigenvalue weighted by molar-refractivity contribution is 9.08. The van der Waals surface area contributed by atoms with E-state index in [1.54, 1.807) is 14.2 Å². The molecule has 0 aliphatic carbocycles. The number of rotatable bonds is 17. The van der Waals surface area contributed by atoms with Crippen LogP contribution in [0.4, 0.5) is 0 Å². The van der Waals surface area contributed by atoms with E-state index in [0.717, 1.165) is 29.5 Å². The highest BCUT2D eigenvalue weighted by Gasteiger charge is 2.19. The second-order valence-corrected chi connectivity index (χ2v) is 11.0. The molecule has 2 aromatic rings. The molecule has 0 saturated carbocycles. The first-order chi connectivity index (χ1) is 18.2. The maximum Gasteiger partial charge on any atom is 0.344 e. The van der Waals surface area contributed by atoms with Gasteiger partial charge in [-0.3, -0.25) is 0 Å². The van der Waals surface area contributed by atoms with Crippen LogP contribution in [0, 0.1) is 0 Å². The fourth-order valence-electron chi connectivity index (χ4n) is 4.15. The molecule has 0 saturated heterocycles. The number of carbonyl (C=O) groups is 1. The Kier molecular flexibility index (Phi) is 13.8. The molecule has 0 atom stereocenters. The summed E-state index contributed by atoms with van der Waals surface area (Å²) in [5, 5.41) is 0.673. The van der Waals surface area contributed by atoms with Gasteiger partial charge in [0.15, 0.2) is 6.61 Å². The number of hydrogen-bond donors (Lipinski definition) is 0. The van der Waals surface area contributed by atoms with Crippen molar-refractivity contribution in [2.24, 2.45) is 0 Å². The predicted octanol–water partition coefficient (Wildman–Crippen LogP) is 8.51. The molecule has 0 heterocycles. The van der Waals surface area contributed by atoms with Crippen molar-refractivity contribution >= 4 is 21.9 Å². The zero-order valence-electron chi connectivity index (χ0n) is 24.0. The van der Waals surface area contributed by atoms with Crippen molar-refractivity contribution in [3.8, 4) is 34.1 Å². The Balaban J connectivity index is 2.22. The molecule has 0 spiro atoms. The molecule has 2 rings (SSSR count). The normalized spacial score (nSPS) is 11.2. The topological polar surface area (TPSA) is 63.2 Å². The summed E-state index contributed by atoms with van der Waals surface area (Å²) in [6, 6.07) is 9.58. The Labute approximate surface area is 237 Å². The third-order valence-corrected chi connectivity index (χ3v) is 6.58. The lowest BCUT2D eigenvalue weighted by atomic mass is 10.0. The molecule has 0 amide bonds. The van der Waals surface area contributed by atoms with Crippen LogP contribution in [-0.2, 0) is 14.9 Å². The van der Waals surface area contributed by atoms with Gasteiger partial charge < -0.3 is 23.7 Å². The number of carbonyl (C=O) groups excluding carboxylic acids is 1. The van der Waals surface area contributed by atoms with E-state index in [2.05, 4.69) is 22.9 Å². The van der Waals surface area contributed by atoms with E-state index in [1.165, 1.54) is 38.5 Å². The van der Waals surface area contributed by atoms with Crippen LogP contribution < -0.4 is 18.9 Å². The lowest BCUT2D eigenvalue weighted by molar-refractivity contribution is -0.157. The van der Waals surface area contributed by atoms with Gasteiger partial charge in [-0.2, -0.15) is 0 Å². The van der Waals surface area contributed by atoms with Crippen molar-refractivity contribution in [2.45, 2.75) is 90.0 Å². The Morgan fingerprint density at radius 1 is 0.789 bits per heavy atom. The molecule has 0 fully saturated rings. The summed E-state index contributed by atoms with van der Waals surface area (Å²) >= 11 is 3.51. The van der Waals surface area contributed by atoms with Crippen LogP contribution in [0.25, 0.3) is 11.1 Å². The average Bonchev–Trinajstić information content (AvgIpc) is 2.89. The number of methoxy groups -OCH3 is 2. The summed E-state index contributed by atoms with van der Waals surface area (Å²) in [5.41, 5.74) is 2.06. The van der Waals surface area contributed by atoms with Crippen LogP contribution in [0.3, 0.4) is 0 Å². The van der Waals surface area contributed by atoms with Gasteiger partial charge in [0.1, 0.15) is 28.6 Å². The van der Waals surface area contributed by atoms with E-state index in [1.807, 2.05) is 51.1 Å². The van der Waals surface area contributed by atoms with Crippen molar-refractivity contribution in [2.75, 3.05) is 27.4 Å². The largest absolute Gasteiger partial charge is 0.496 e. The molecule has 0 radical (unpaired) electrons. The molecular weight excluding hydrogens is 548 g/mol. The van der Waals surface area contributed by atoms with Crippen molar-refractivity contribution in [3.63, 3.8) is 0 Å². The van der Waals surface area contributed by atoms with Crippen LogP contribution in [0.1, 0.15) is 84.6 Å². The molecule has 0 N–H and O–H groups in total. The molecule has 0 aliphatic heterocycles. The van der Waals surface area contributed by atoms with E-state index in [0.29, 0.717) is 34.9 Å². The van der Waals surface area contributed by atoms with Gasteiger partial charge in [-0.15, -0.1) is 0 Å². The number of esters is 1. The van der Waals surface area contributed by atoms with Crippen LogP contribution in [-0.4, -0.2) is 39.0 Å². The lowest BCUT2D eigenvalue weighted by Gasteiger charge is -2.20. The summed E-state index contributed by atoms with van der Waals surface area (Å²) in [6.07, 6.45) is 9.87. The molecule has 212 valence electrons. The van der Waals surface area contributed by atoms with Crippen LogP contribution in [0.5, 0.6) is 23.0 Å². The fourth-order valence-corrected chi connectivity index (χ4v) is 4.47. The molecule has 0 aromatic heterocycles. The highest BCUT2D eigenvalue weighted by atomic mass is 79.9. The van der Waals surface area contributed by atoms with E-state index < -0.39 is 11.6 Å². The second kappa shape index (κ2) is 16.5. The number of unbranched alkanes of at least 4 members (excludes halogenated alkanes) is 7. The van der Waals surface area contributed by atoms with E-state index in [9.17, 15) is 4.79 Å². The van der Waals surface area contributed by atoms with Gasteiger partial charge in [0, 0.05) is 11.4 Å². The minimum atomic E-state index is -0.579. The number of benzene rings is 2. The van der Waals surface area contributed by atoms with Crippen molar-refractivity contribution in [3.05, 3.63) is 35.9 Å². The van der Waals surface area contributed by atoms with Crippen molar-refractivity contribution < 1.29 is 28.5 Å². The molecule has 2 aromatic carbocycles. The Bertz CT molecular complexity index is 973. The standard InChI is InChI=1S/C31H45BrO6/c1-7-8-9-10-11-12-13-14-15-36-25-18-24(19-26(20-25)37-22-29(33)38-31(2,3)4)30-27(34-5)16-23(21-32)17-28(30)35-6/h16-20H,7-15,21-22H2,1-6H3. The summed E-state index contributed by atoms with van der Waals surface area (Å²) in [5.74, 6) is 2.10. The molecular formula is C31H45BrO6. The zero-order chi connectivity index (χ0) is 28.0. The van der Waals surface area contributed by atoms with E-state index in [-0.39, 0.29) is 6.61 Å². The van der Waals surface area contributed by atoms with E-state index in [4.69, 9.17) is 23.7 Å². The SMILES string of the molecule is CCCCCCCCCCOc1cc(OCC(=O)OC(C)(C)C)cc(-c2c(OC)cc(CBr)cc2OC)c1. The number of hydrogen-bond acceptors (Lipinski definition) is 6. The van der Waals surface area contributed by atoms with Gasteiger partial charge >= 0.3 is 5.97 Å². The smallest absolute Gasteiger partial charge is 0.344 e. The first kappa shape index (κ1) is 31.8. The monoisotopic (exact) mass is 592 g/mol. The summed E-state index contributed by atoms with van der Waals surface area (Å²) in [4.78, 5) is 12.3. The summed E-state index contributed by atoms with van der Waals surface area (Å²) < 4.78 is 28.8. The lowest BCUT2D eigenvalue weighted by Crippen LogP contribution is -2.27. The summed E-state index contributed by atoms with van der Waals surface area (Å²) in [6.45, 7) is 8.15. The first-order valence-electron chi connectivity index (χ1n) is 13.6. The van der Waals surface area contributed by atoms with Gasteiger partial charge in [-0.05, 0) is 62.6 Å². The quantitative estimate of drug-likeness (QED) is 0.104. The first-order valence-corrected chi connectivity index (χ1v) is 14.8. The van der Waals surface area contributed by atoms with Gasteiger partial charge in [-0.1, -0.05) is 67.8 Å². The minimum absolute atomic E-state index is 0.199. The van der Waals surface area contributed by atoms with Crippen molar-refractivity contribution in [1.82, 2.24) is 0 Å². The van der Waals surface area contributed by atoms with Crippen molar-refractivity contribution in [1.29, 1.82) is 0 Å². The maximum absolute atomic E-state index is 12.3. The molecule has 0 unspecified atom stereocenters. The zero-order valence-corrected chi connectivity index (χ0v) is 25.6. The van der Waals surface area contributed by atoms with E-state index >= 15 is 0 Å². The minimum Gasteiger partial charge on any atom is -0.496 e. The Morgan fingerprint density at radius 2 is 1.34 bits per heavy atom. The van der Waals surface area contributed by atoms with Gasteiger partial charge in [0.25, 0.3) is 0 Å². The molecule has 6 nitrogen and oxygen atoms in total. The number of ether oxygens (including phenoxy) is 5. The van der Waals surface area contributed by atoms with Gasteiger partial charge in [0.05, 0.1) is 26.4 Å². The highest BCUT2D eigenvalue weighted by Crippen LogP contribution is 2.42. The third-order valence-electron chi connectivity index (χ3n) is 5.93. The molecule has 38 heavy (non-hydrogen) atoms. The van der Waals surface area contributed by atoms with Gasteiger partial charge in [0.2, 0.25) is 0 Å². The Hall–Kier alpha value is -2.41. The summed E-state index contributed by atoms with van der Waals surface area (Å²) in [7, 11) is 3.28. The van der Waals surface area contributed by atoms with Crippen LogP contribution in [0.15, 0.2) is 30.3 Å². The molecule has 7 heteroatoms. The van der Waals surface area contributed by atoms with Gasteiger partial charge in [-0.25, -0.2) is 4.79 Å². The molecule has 0 aliphatic rings. The van der Waals surface area contributed by atoms with Crippen LogP contribution >= 0.6 is 15.9 Å². The second-order valence-electron chi connectivity index (χ2n) is 10.4. The third kappa shape index (κ3) is 11.1. The fraction of sp³-hybridized carbons (Fsp3) is 0.581. The Morgan fingerprint density at radius 3 is 1.87 bits per heavy atom. The number of halogens is 1.